The molecule has 0 saturated carbocycles. The first-order chi connectivity index (χ1) is 6.52. The Labute approximate surface area is 87.1 Å². The van der Waals surface area contributed by atoms with Crippen LogP contribution in [0.1, 0.15) is 25.8 Å². The van der Waals surface area contributed by atoms with E-state index in [1.807, 2.05) is 13.8 Å². The zero-order chi connectivity index (χ0) is 10.7. The van der Waals surface area contributed by atoms with E-state index >= 15 is 0 Å². The molecule has 1 aromatic rings. The van der Waals surface area contributed by atoms with Crippen molar-refractivity contribution in [2.75, 3.05) is 5.32 Å². The Bertz CT molecular complexity index is 313. The topological polar surface area (TPSA) is 12.0 Å². The SMILES string of the molecule is CC(C)Nc1cccc(C(F)F)c1Cl. The molecule has 0 heterocycles. The van der Waals surface area contributed by atoms with E-state index in [1.165, 1.54) is 6.07 Å². The van der Waals surface area contributed by atoms with Gasteiger partial charge in [0, 0.05) is 11.6 Å². The Morgan fingerprint density at radius 2 is 1.93 bits per heavy atom. The predicted molar refractivity (Wildman–Crippen MR) is 55.2 cm³/mol. The van der Waals surface area contributed by atoms with Gasteiger partial charge in [0.15, 0.2) is 0 Å². The molecule has 0 aliphatic carbocycles. The van der Waals surface area contributed by atoms with Crippen molar-refractivity contribution >= 4 is 17.3 Å². The molecule has 0 fully saturated rings. The molecule has 1 nitrogen and oxygen atoms in total. The maximum absolute atomic E-state index is 12.4. The number of anilines is 1. The van der Waals surface area contributed by atoms with Gasteiger partial charge in [-0.05, 0) is 19.9 Å². The van der Waals surface area contributed by atoms with Crippen molar-refractivity contribution in [3.8, 4) is 0 Å². The Hall–Kier alpha value is -0.830. The molecular formula is C10H12ClF2N. The first kappa shape index (κ1) is 11.2. The van der Waals surface area contributed by atoms with Gasteiger partial charge in [0.25, 0.3) is 6.43 Å². The third kappa shape index (κ3) is 2.58. The monoisotopic (exact) mass is 219 g/mol. The Morgan fingerprint density at radius 1 is 1.29 bits per heavy atom. The van der Waals surface area contributed by atoms with Crippen molar-refractivity contribution in [3.63, 3.8) is 0 Å². The summed E-state index contributed by atoms with van der Waals surface area (Å²) < 4.78 is 24.9. The third-order valence-corrected chi connectivity index (χ3v) is 2.13. The van der Waals surface area contributed by atoms with Crippen molar-refractivity contribution in [1.29, 1.82) is 0 Å². The standard InChI is InChI=1S/C10H12ClF2N/c1-6(2)14-8-5-3-4-7(9(8)11)10(12)13/h3-6,10,14H,1-2H3. The Morgan fingerprint density at radius 3 is 2.43 bits per heavy atom. The van der Waals surface area contributed by atoms with E-state index in [0.29, 0.717) is 5.69 Å². The van der Waals surface area contributed by atoms with Crippen LogP contribution >= 0.6 is 11.6 Å². The van der Waals surface area contributed by atoms with Crippen molar-refractivity contribution in [2.24, 2.45) is 0 Å². The summed E-state index contributed by atoms with van der Waals surface area (Å²) in [5.74, 6) is 0. The smallest absolute Gasteiger partial charge is 0.265 e. The highest BCUT2D eigenvalue weighted by Gasteiger charge is 2.14. The summed E-state index contributed by atoms with van der Waals surface area (Å²) in [6.45, 7) is 3.84. The second-order valence-corrected chi connectivity index (χ2v) is 3.69. The normalized spacial score (nSPS) is 11.1. The minimum Gasteiger partial charge on any atom is -0.382 e. The van der Waals surface area contributed by atoms with E-state index < -0.39 is 6.43 Å². The summed E-state index contributed by atoms with van der Waals surface area (Å²) >= 11 is 5.81. The van der Waals surface area contributed by atoms with Crippen LogP contribution < -0.4 is 5.32 Å². The lowest BCUT2D eigenvalue weighted by Crippen LogP contribution is -2.10. The first-order valence-corrected chi connectivity index (χ1v) is 4.73. The lowest BCUT2D eigenvalue weighted by molar-refractivity contribution is 0.151. The molecule has 14 heavy (non-hydrogen) atoms. The fraction of sp³-hybridized carbons (Fsp3) is 0.400. The van der Waals surface area contributed by atoms with Crippen LogP contribution in [-0.2, 0) is 0 Å². The number of hydrogen-bond donors (Lipinski definition) is 1. The number of hydrogen-bond acceptors (Lipinski definition) is 1. The van der Waals surface area contributed by atoms with Gasteiger partial charge < -0.3 is 5.32 Å². The van der Waals surface area contributed by atoms with E-state index in [0.717, 1.165) is 0 Å². The molecule has 0 bridgehead atoms. The molecule has 0 spiro atoms. The van der Waals surface area contributed by atoms with Crippen molar-refractivity contribution in [1.82, 2.24) is 0 Å². The molecule has 0 radical (unpaired) electrons. The van der Waals surface area contributed by atoms with Crippen LogP contribution in [-0.4, -0.2) is 6.04 Å². The largest absolute Gasteiger partial charge is 0.382 e. The molecule has 1 N–H and O–H groups in total. The average Bonchev–Trinajstić information content (AvgIpc) is 2.07. The summed E-state index contributed by atoms with van der Waals surface area (Å²) in [6, 6.07) is 4.76. The van der Waals surface area contributed by atoms with Gasteiger partial charge >= 0.3 is 0 Å². The van der Waals surface area contributed by atoms with Crippen molar-refractivity contribution in [2.45, 2.75) is 26.3 Å². The van der Waals surface area contributed by atoms with E-state index in [4.69, 9.17) is 11.6 Å². The van der Waals surface area contributed by atoms with Crippen molar-refractivity contribution < 1.29 is 8.78 Å². The van der Waals surface area contributed by atoms with E-state index in [1.54, 1.807) is 12.1 Å². The molecule has 0 atom stereocenters. The van der Waals surface area contributed by atoms with Crippen LogP contribution in [0.2, 0.25) is 5.02 Å². The first-order valence-electron chi connectivity index (χ1n) is 4.35. The van der Waals surface area contributed by atoms with Gasteiger partial charge in [0.05, 0.1) is 10.7 Å². The average molecular weight is 220 g/mol. The van der Waals surface area contributed by atoms with Gasteiger partial charge in [0.1, 0.15) is 0 Å². The fourth-order valence-electron chi connectivity index (χ4n) is 1.14. The van der Waals surface area contributed by atoms with Crippen LogP contribution in [0.5, 0.6) is 0 Å². The van der Waals surface area contributed by atoms with E-state index in [-0.39, 0.29) is 16.6 Å². The number of rotatable bonds is 3. The quantitative estimate of drug-likeness (QED) is 0.807. The minimum absolute atomic E-state index is 0.108. The fourth-order valence-corrected chi connectivity index (χ4v) is 1.40. The lowest BCUT2D eigenvalue weighted by Gasteiger charge is -2.13. The maximum Gasteiger partial charge on any atom is 0.265 e. The molecule has 0 saturated heterocycles. The second-order valence-electron chi connectivity index (χ2n) is 3.31. The zero-order valence-electron chi connectivity index (χ0n) is 8.02. The summed E-state index contributed by atoms with van der Waals surface area (Å²) in [5, 5.41) is 3.11. The van der Waals surface area contributed by atoms with Crippen molar-refractivity contribution in [3.05, 3.63) is 28.8 Å². The lowest BCUT2D eigenvalue weighted by atomic mass is 10.2. The van der Waals surface area contributed by atoms with Crippen LogP contribution in [0.25, 0.3) is 0 Å². The summed E-state index contributed by atoms with van der Waals surface area (Å²) in [7, 11) is 0. The molecule has 1 rings (SSSR count). The number of nitrogens with one attached hydrogen (secondary N) is 1. The predicted octanol–water partition coefficient (Wildman–Crippen LogP) is 4.10. The summed E-state index contributed by atoms with van der Waals surface area (Å²) in [4.78, 5) is 0. The van der Waals surface area contributed by atoms with Crippen LogP contribution in [0, 0.1) is 0 Å². The number of alkyl halides is 2. The molecule has 0 aromatic heterocycles. The maximum atomic E-state index is 12.4. The van der Waals surface area contributed by atoms with Gasteiger partial charge in [-0.1, -0.05) is 23.7 Å². The molecule has 4 heteroatoms. The number of halogens is 3. The molecular weight excluding hydrogens is 208 g/mol. The van der Waals surface area contributed by atoms with Gasteiger partial charge in [0.2, 0.25) is 0 Å². The highest BCUT2D eigenvalue weighted by atomic mass is 35.5. The molecule has 78 valence electrons. The zero-order valence-corrected chi connectivity index (χ0v) is 8.78. The van der Waals surface area contributed by atoms with Gasteiger partial charge in [-0.15, -0.1) is 0 Å². The van der Waals surface area contributed by atoms with Gasteiger partial charge in [-0.2, -0.15) is 0 Å². The highest BCUT2D eigenvalue weighted by molar-refractivity contribution is 6.34. The number of benzene rings is 1. The van der Waals surface area contributed by atoms with Crippen LogP contribution in [0.4, 0.5) is 14.5 Å². The Kier molecular flexibility index (Phi) is 3.69. The van der Waals surface area contributed by atoms with Gasteiger partial charge in [-0.25, -0.2) is 8.78 Å². The molecule has 0 amide bonds. The highest BCUT2D eigenvalue weighted by Crippen LogP contribution is 2.32. The van der Waals surface area contributed by atoms with Crippen LogP contribution in [0.3, 0.4) is 0 Å². The molecule has 0 aliphatic heterocycles. The summed E-state index contributed by atoms with van der Waals surface area (Å²) in [5.41, 5.74) is 0.428. The Balaban J connectivity index is 3.01. The van der Waals surface area contributed by atoms with E-state index in [9.17, 15) is 8.78 Å². The van der Waals surface area contributed by atoms with Crippen LogP contribution in [0.15, 0.2) is 18.2 Å². The van der Waals surface area contributed by atoms with E-state index in [2.05, 4.69) is 5.32 Å². The second kappa shape index (κ2) is 4.60. The molecule has 1 aromatic carbocycles. The molecule has 0 aliphatic rings. The minimum atomic E-state index is -2.53. The third-order valence-electron chi connectivity index (χ3n) is 1.71. The molecule has 0 unspecified atom stereocenters. The summed E-state index contributed by atoms with van der Waals surface area (Å²) in [6.07, 6.45) is -2.53. The van der Waals surface area contributed by atoms with Gasteiger partial charge in [-0.3, -0.25) is 0 Å².